The molecule has 7 heteroatoms. The molecule has 0 unspecified atom stereocenters. The number of hydrogen-bond donors (Lipinski definition) is 3. The number of nitrogens with two attached hydrogens (primary N) is 2. The molecule has 0 atom stereocenters. The summed E-state index contributed by atoms with van der Waals surface area (Å²) in [6, 6.07) is 15.5. The summed E-state index contributed by atoms with van der Waals surface area (Å²) in [7, 11) is 0. The zero-order chi connectivity index (χ0) is 20.1. The second kappa shape index (κ2) is 8.89. The lowest BCUT2D eigenvalue weighted by molar-refractivity contribution is 0.0259. The summed E-state index contributed by atoms with van der Waals surface area (Å²) in [5, 5.41) is 3.21. The molecular weight excluding hydrogens is 366 g/mol. The van der Waals surface area contributed by atoms with Crippen LogP contribution in [-0.4, -0.2) is 29.3 Å². The van der Waals surface area contributed by atoms with Crippen LogP contribution in [0, 0.1) is 0 Å². The lowest BCUT2D eigenvalue weighted by Gasteiger charge is -2.24. The first-order valence-electron chi connectivity index (χ1n) is 9.74. The van der Waals surface area contributed by atoms with Crippen LogP contribution < -0.4 is 21.5 Å². The summed E-state index contributed by atoms with van der Waals surface area (Å²) < 4.78 is 11.4. The Morgan fingerprint density at radius 3 is 2.59 bits per heavy atom. The summed E-state index contributed by atoms with van der Waals surface area (Å²) in [6.07, 6.45) is 3.64. The largest absolute Gasteiger partial charge is 0.488 e. The van der Waals surface area contributed by atoms with Crippen LogP contribution in [0.1, 0.15) is 18.4 Å². The first-order chi connectivity index (χ1) is 14.2. The van der Waals surface area contributed by atoms with Crippen molar-refractivity contribution in [2.24, 2.45) is 5.73 Å². The Morgan fingerprint density at radius 1 is 1.07 bits per heavy atom. The van der Waals surface area contributed by atoms with E-state index in [2.05, 4.69) is 15.3 Å². The van der Waals surface area contributed by atoms with Crippen molar-refractivity contribution < 1.29 is 9.47 Å². The van der Waals surface area contributed by atoms with E-state index in [-0.39, 0.29) is 6.10 Å². The van der Waals surface area contributed by atoms with Crippen LogP contribution in [0.3, 0.4) is 0 Å². The second-order valence-electron chi connectivity index (χ2n) is 6.97. The van der Waals surface area contributed by atoms with Gasteiger partial charge in [0.1, 0.15) is 11.9 Å². The maximum absolute atomic E-state index is 6.24. The Bertz CT molecular complexity index is 956. The van der Waals surface area contributed by atoms with Crippen LogP contribution in [0.2, 0.25) is 0 Å². The van der Waals surface area contributed by atoms with Crippen LogP contribution in [0.4, 0.5) is 17.3 Å². The van der Waals surface area contributed by atoms with E-state index < -0.39 is 0 Å². The Morgan fingerprint density at radius 2 is 1.86 bits per heavy atom. The van der Waals surface area contributed by atoms with Gasteiger partial charge in [0.15, 0.2) is 0 Å². The number of nitrogens with zero attached hydrogens (tertiary/aromatic N) is 2. The Kier molecular flexibility index (Phi) is 5.88. The maximum Gasteiger partial charge on any atom is 0.227 e. The minimum absolute atomic E-state index is 0.150. The average Bonchev–Trinajstić information content (AvgIpc) is 2.77. The van der Waals surface area contributed by atoms with Crippen molar-refractivity contribution >= 4 is 17.3 Å². The lowest BCUT2D eigenvalue weighted by Crippen LogP contribution is -2.26. The molecule has 0 aliphatic carbocycles. The molecular formula is C22H25N5O2. The van der Waals surface area contributed by atoms with E-state index in [0.717, 1.165) is 48.6 Å². The van der Waals surface area contributed by atoms with E-state index in [9.17, 15) is 0 Å². The van der Waals surface area contributed by atoms with Gasteiger partial charge in [-0.2, -0.15) is 0 Å². The zero-order valence-electron chi connectivity index (χ0n) is 16.2. The zero-order valence-corrected chi connectivity index (χ0v) is 16.2. The van der Waals surface area contributed by atoms with E-state index in [1.165, 1.54) is 0 Å². The van der Waals surface area contributed by atoms with Crippen LogP contribution in [0.15, 0.2) is 54.7 Å². The SMILES string of the molecule is NCc1ccc(Nc2nccc(-c3ccc(OC4CCOCC4)c(N)c3)n2)cc1. The van der Waals surface area contributed by atoms with Gasteiger partial charge in [-0.05, 0) is 42.0 Å². The first-order valence-corrected chi connectivity index (χ1v) is 9.74. The molecule has 29 heavy (non-hydrogen) atoms. The molecule has 5 N–H and O–H groups in total. The number of anilines is 3. The van der Waals surface area contributed by atoms with Crippen molar-refractivity contribution in [1.82, 2.24) is 9.97 Å². The van der Waals surface area contributed by atoms with Gasteiger partial charge in [0.25, 0.3) is 0 Å². The molecule has 1 fully saturated rings. The number of ether oxygens (including phenoxy) is 2. The predicted molar refractivity (Wildman–Crippen MR) is 114 cm³/mol. The highest BCUT2D eigenvalue weighted by atomic mass is 16.5. The van der Waals surface area contributed by atoms with Gasteiger partial charge in [-0.15, -0.1) is 0 Å². The number of nitrogen functional groups attached to an aromatic ring is 1. The molecule has 4 rings (SSSR count). The van der Waals surface area contributed by atoms with Crippen molar-refractivity contribution in [3.8, 4) is 17.0 Å². The molecule has 1 saturated heterocycles. The van der Waals surface area contributed by atoms with Gasteiger partial charge in [0.05, 0.1) is 24.6 Å². The van der Waals surface area contributed by atoms with E-state index in [1.807, 2.05) is 48.5 Å². The van der Waals surface area contributed by atoms with Crippen molar-refractivity contribution in [3.05, 3.63) is 60.3 Å². The highest BCUT2D eigenvalue weighted by Crippen LogP contribution is 2.30. The predicted octanol–water partition coefficient (Wildman–Crippen LogP) is 3.49. The maximum atomic E-state index is 6.24. The van der Waals surface area contributed by atoms with Crippen molar-refractivity contribution in [1.29, 1.82) is 0 Å². The molecule has 1 aliphatic rings. The molecule has 0 bridgehead atoms. The average molecular weight is 391 g/mol. The summed E-state index contributed by atoms with van der Waals surface area (Å²) in [4.78, 5) is 8.91. The fraction of sp³-hybridized carbons (Fsp3) is 0.273. The van der Waals surface area contributed by atoms with Crippen molar-refractivity contribution in [2.45, 2.75) is 25.5 Å². The number of hydrogen-bond acceptors (Lipinski definition) is 7. The van der Waals surface area contributed by atoms with Crippen molar-refractivity contribution in [3.63, 3.8) is 0 Å². The summed E-state index contributed by atoms with van der Waals surface area (Å²) in [6.45, 7) is 1.98. The third-order valence-corrected chi connectivity index (χ3v) is 4.87. The minimum Gasteiger partial charge on any atom is -0.488 e. The van der Waals surface area contributed by atoms with Crippen LogP contribution in [-0.2, 0) is 11.3 Å². The Balaban J connectivity index is 1.49. The summed E-state index contributed by atoms with van der Waals surface area (Å²) >= 11 is 0. The van der Waals surface area contributed by atoms with Crippen LogP contribution >= 0.6 is 0 Å². The van der Waals surface area contributed by atoms with E-state index >= 15 is 0 Å². The first kappa shape index (κ1) is 19.2. The molecule has 7 nitrogen and oxygen atoms in total. The third kappa shape index (κ3) is 4.82. The van der Waals surface area contributed by atoms with Crippen LogP contribution in [0.5, 0.6) is 5.75 Å². The second-order valence-corrected chi connectivity index (χ2v) is 6.97. The summed E-state index contributed by atoms with van der Waals surface area (Å²) in [5.41, 5.74) is 16.1. The molecule has 3 aromatic rings. The van der Waals surface area contributed by atoms with Crippen molar-refractivity contribution in [2.75, 3.05) is 24.3 Å². The number of nitrogens with one attached hydrogen (secondary N) is 1. The fourth-order valence-electron chi connectivity index (χ4n) is 3.22. The number of rotatable bonds is 6. The molecule has 0 radical (unpaired) electrons. The van der Waals surface area contributed by atoms with E-state index in [1.54, 1.807) is 6.20 Å². The molecule has 0 spiro atoms. The normalized spacial score (nSPS) is 14.5. The highest BCUT2D eigenvalue weighted by Gasteiger charge is 2.16. The topological polar surface area (TPSA) is 108 Å². The Labute approximate surface area is 170 Å². The molecule has 1 aliphatic heterocycles. The monoisotopic (exact) mass is 391 g/mol. The molecule has 2 aromatic carbocycles. The fourth-order valence-corrected chi connectivity index (χ4v) is 3.22. The van der Waals surface area contributed by atoms with Gasteiger partial charge < -0.3 is 26.3 Å². The quantitative estimate of drug-likeness (QED) is 0.552. The summed E-state index contributed by atoms with van der Waals surface area (Å²) in [5.74, 6) is 1.22. The lowest BCUT2D eigenvalue weighted by atomic mass is 10.1. The Hall–Kier alpha value is -3.16. The molecule has 2 heterocycles. The minimum atomic E-state index is 0.150. The molecule has 0 saturated carbocycles. The number of benzene rings is 2. The molecule has 0 amide bonds. The van der Waals surface area contributed by atoms with Gasteiger partial charge in [-0.25, -0.2) is 9.97 Å². The molecule has 150 valence electrons. The van der Waals surface area contributed by atoms with Gasteiger partial charge in [-0.3, -0.25) is 0 Å². The highest BCUT2D eigenvalue weighted by molar-refractivity contribution is 5.69. The number of aromatic nitrogens is 2. The molecule has 1 aromatic heterocycles. The van der Waals surface area contributed by atoms with Gasteiger partial charge >= 0.3 is 0 Å². The van der Waals surface area contributed by atoms with Gasteiger partial charge in [-0.1, -0.05) is 12.1 Å². The van der Waals surface area contributed by atoms with E-state index in [0.29, 0.717) is 23.9 Å². The van der Waals surface area contributed by atoms with Gasteiger partial charge in [0, 0.05) is 36.8 Å². The smallest absolute Gasteiger partial charge is 0.227 e. The standard InChI is InChI=1S/C22H25N5O2/c23-14-15-1-4-17(5-2-15)26-22-25-10-7-20(27-22)16-3-6-21(19(24)13-16)29-18-8-11-28-12-9-18/h1-7,10,13,18H,8-9,11-12,14,23-24H2,(H,25,26,27). The van der Waals surface area contributed by atoms with Gasteiger partial charge in [0.2, 0.25) is 5.95 Å². The third-order valence-electron chi connectivity index (χ3n) is 4.87. The van der Waals surface area contributed by atoms with Crippen LogP contribution in [0.25, 0.3) is 11.3 Å². The van der Waals surface area contributed by atoms with E-state index in [4.69, 9.17) is 20.9 Å².